The van der Waals surface area contributed by atoms with Gasteiger partial charge in [0, 0.05) is 0 Å². The van der Waals surface area contributed by atoms with E-state index in [-0.39, 0.29) is 11.6 Å². The minimum absolute atomic E-state index is 0.265. The van der Waals surface area contributed by atoms with Gasteiger partial charge in [-0.2, -0.15) is 5.10 Å². The number of pyridine rings is 2. The third-order valence-electron chi connectivity index (χ3n) is 4.29. The van der Waals surface area contributed by atoms with Gasteiger partial charge in [-0.05, 0) is 37.3 Å². The highest BCUT2D eigenvalue weighted by atomic mass is 16.5. The maximum absolute atomic E-state index is 13.0. The Morgan fingerprint density at radius 1 is 1.24 bits per heavy atom. The molecule has 10 nitrogen and oxygen atoms in total. The first-order valence-electron chi connectivity index (χ1n) is 8.62. The average Bonchev–Trinajstić information content (AvgIpc) is 3.50. The fraction of sp³-hybridized carbons (Fsp3) is 0.0526. The zero-order valence-corrected chi connectivity index (χ0v) is 15.1. The second kappa shape index (κ2) is 6.68. The molecule has 10 heteroatoms. The summed E-state index contributed by atoms with van der Waals surface area (Å²) in [6, 6.07) is 8.61. The summed E-state index contributed by atoms with van der Waals surface area (Å²) in [6.07, 6.45) is 6.04. The third kappa shape index (κ3) is 3.02. The largest absolute Gasteiger partial charge is 0.463 e. The summed E-state index contributed by atoms with van der Waals surface area (Å²) in [7, 11) is 0. The zero-order valence-electron chi connectivity index (χ0n) is 15.1. The van der Waals surface area contributed by atoms with Crippen LogP contribution in [0.5, 0.6) is 0 Å². The van der Waals surface area contributed by atoms with Crippen LogP contribution in [0.4, 0.5) is 5.69 Å². The molecule has 0 aromatic carbocycles. The number of furan rings is 1. The first-order valence-corrected chi connectivity index (χ1v) is 8.62. The Morgan fingerprint density at radius 2 is 2.17 bits per heavy atom. The molecule has 5 aromatic rings. The summed E-state index contributed by atoms with van der Waals surface area (Å²) in [5, 5.41) is 11.3. The average molecular weight is 387 g/mol. The molecule has 0 saturated carbocycles. The van der Waals surface area contributed by atoms with Crippen LogP contribution >= 0.6 is 0 Å². The van der Waals surface area contributed by atoms with Crippen molar-refractivity contribution in [3.8, 4) is 17.3 Å². The van der Waals surface area contributed by atoms with Crippen LogP contribution in [-0.2, 0) is 0 Å². The SMILES string of the molecule is Cc1noc2nc(-c3ccco3)cc(C(=O)Nc3ccc(-n4cncn4)nc3)c12. The topological polar surface area (TPSA) is 125 Å². The lowest BCUT2D eigenvalue weighted by atomic mass is 10.1. The molecule has 0 bridgehead atoms. The lowest BCUT2D eigenvalue weighted by Crippen LogP contribution is -2.13. The Labute approximate surface area is 163 Å². The molecule has 1 N–H and O–H groups in total. The molecule has 0 aliphatic rings. The molecule has 1 amide bonds. The number of nitrogens with zero attached hydrogens (tertiary/aromatic N) is 6. The Hall–Kier alpha value is -4.34. The first-order chi connectivity index (χ1) is 14.2. The van der Waals surface area contributed by atoms with Crippen molar-refractivity contribution in [2.24, 2.45) is 0 Å². The van der Waals surface area contributed by atoms with Gasteiger partial charge in [-0.25, -0.2) is 19.6 Å². The normalized spacial score (nSPS) is 11.1. The van der Waals surface area contributed by atoms with Gasteiger partial charge in [-0.1, -0.05) is 5.16 Å². The van der Waals surface area contributed by atoms with Crippen molar-refractivity contribution >= 4 is 22.7 Å². The molecule has 29 heavy (non-hydrogen) atoms. The highest BCUT2D eigenvalue weighted by Gasteiger charge is 2.20. The summed E-state index contributed by atoms with van der Waals surface area (Å²) in [4.78, 5) is 25.6. The standard InChI is InChI=1S/C19H13N7O3/c1-11-17-13(7-14(15-3-2-6-28-15)24-19(17)29-25-11)18(27)23-12-4-5-16(21-8-12)26-10-20-9-22-26/h2-10H,1H3,(H,23,27). The molecular weight excluding hydrogens is 374 g/mol. The van der Waals surface area contributed by atoms with Gasteiger partial charge in [0.2, 0.25) is 0 Å². The van der Waals surface area contributed by atoms with Crippen LogP contribution in [0.3, 0.4) is 0 Å². The molecule has 0 spiro atoms. The number of amides is 1. The van der Waals surface area contributed by atoms with Crippen molar-refractivity contribution in [2.75, 3.05) is 5.32 Å². The van der Waals surface area contributed by atoms with Crippen LogP contribution < -0.4 is 5.32 Å². The molecule has 0 fully saturated rings. The monoisotopic (exact) mass is 387 g/mol. The van der Waals surface area contributed by atoms with E-state index in [1.165, 1.54) is 17.3 Å². The van der Waals surface area contributed by atoms with Crippen LogP contribution in [0.2, 0.25) is 0 Å². The minimum atomic E-state index is -0.341. The molecular formula is C19H13N7O3. The van der Waals surface area contributed by atoms with Crippen molar-refractivity contribution in [3.05, 3.63) is 66.7 Å². The highest BCUT2D eigenvalue weighted by Crippen LogP contribution is 2.28. The van der Waals surface area contributed by atoms with Crippen LogP contribution in [0.1, 0.15) is 16.1 Å². The van der Waals surface area contributed by atoms with Gasteiger partial charge in [-0.3, -0.25) is 4.79 Å². The number of hydrogen-bond acceptors (Lipinski definition) is 8. The van der Waals surface area contributed by atoms with E-state index < -0.39 is 0 Å². The maximum Gasteiger partial charge on any atom is 0.259 e. The molecule has 0 unspecified atom stereocenters. The molecule has 0 aliphatic heterocycles. The molecule has 5 heterocycles. The molecule has 0 aliphatic carbocycles. The van der Waals surface area contributed by atoms with Crippen molar-refractivity contribution < 1.29 is 13.7 Å². The van der Waals surface area contributed by atoms with Gasteiger partial charge >= 0.3 is 0 Å². The number of aryl methyl sites for hydroxylation is 1. The van der Waals surface area contributed by atoms with Crippen molar-refractivity contribution in [1.29, 1.82) is 0 Å². The molecule has 0 atom stereocenters. The number of hydrogen-bond donors (Lipinski definition) is 1. The summed E-state index contributed by atoms with van der Waals surface area (Å²) in [6.45, 7) is 1.76. The molecule has 142 valence electrons. The van der Waals surface area contributed by atoms with Gasteiger partial charge in [0.05, 0.1) is 34.8 Å². The predicted molar refractivity (Wildman–Crippen MR) is 101 cm³/mol. The molecule has 0 radical (unpaired) electrons. The van der Waals surface area contributed by atoms with Gasteiger partial charge in [0.15, 0.2) is 11.6 Å². The number of rotatable bonds is 4. The number of anilines is 1. The van der Waals surface area contributed by atoms with E-state index in [1.807, 2.05) is 0 Å². The predicted octanol–water partition coefficient (Wildman–Crippen LogP) is 3.02. The van der Waals surface area contributed by atoms with E-state index in [9.17, 15) is 4.79 Å². The van der Waals surface area contributed by atoms with Crippen molar-refractivity contribution in [1.82, 2.24) is 29.9 Å². The Balaban J connectivity index is 1.50. The quantitative estimate of drug-likeness (QED) is 0.499. The van der Waals surface area contributed by atoms with Crippen LogP contribution in [0.25, 0.3) is 28.4 Å². The van der Waals surface area contributed by atoms with Crippen molar-refractivity contribution in [2.45, 2.75) is 6.92 Å². The van der Waals surface area contributed by atoms with E-state index in [2.05, 4.69) is 30.5 Å². The van der Waals surface area contributed by atoms with Crippen molar-refractivity contribution in [3.63, 3.8) is 0 Å². The van der Waals surface area contributed by atoms with Gasteiger partial charge < -0.3 is 14.3 Å². The van der Waals surface area contributed by atoms with E-state index in [0.717, 1.165) is 0 Å². The molecule has 0 saturated heterocycles. The molecule has 5 rings (SSSR count). The third-order valence-corrected chi connectivity index (χ3v) is 4.29. The lowest BCUT2D eigenvalue weighted by molar-refractivity contribution is 0.102. The fourth-order valence-electron chi connectivity index (χ4n) is 2.94. The first kappa shape index (κ1) is 16.8. The highest BCUT2D eigenvalue weighted by molar-refractivity contribution is 6.12. The van der Waals surface area contributed by atoms with E-state index in [1.54, 1.807) is 49.8 Å². The Morgan fingerprint density at radius 3 is 2.90 bits per heavy atom. The number of carbonyl (C=O) groups excluding carboxylic acids is 1. The van der Waals surface area contributed by atoms with E-state index in [0.29, 0.717) is 39.6 Å². The van der Waals surface area contributed by atoms with Gasteiger partial charge in [-0.15, -0.1) is 0 Å². The zero-order chi connectivity index (χ0) is 19.8. The van der Waals surface area contributed by atoms with E-state index in [4.69, 9.17) is 8.94 Å². The Kier molecular flexibility index (Phi) is 3.87. The summed E-state index contributed by atoms with van der Waals surface area (Å²) in [5.74, 6) is 0.766. The number of nitrogens with one attached hydrogen (secondary N) is 1. The fourth-order valence-corrected chi connectivity index (χ4v) is 2.94. The maximum atomic E-state index is 13.0. The lowest BCUT2D eigenvalue weighted by Gasteiger charge is -2.08. The molecule has 5 aromatic heterocycles. The van der Waals surface area contributed by atoms with Gasteiger partial charge in [0.1, 0.15) is 18.3 Å². The van der Waals surface area contributed by atoms with Crippen LogP contribution in [-0.4, -0.2) is 35.8 Å². The summed E-state index contributed by atoms with van der Waals surface area (Å²) in [5.41, 5.74) is 2.21. The number of carbonyl (C=O) groups is 1. The van der Waals surface area contributed by atoms with Gasteiger partial charge in [0.25, 0.3) is 11.6 Å². The summed E-state index contributed by atoms with van der Waals surface area (Å²) < 4.78 is 12.2. The van der Waals surface area contributed by atoms with E-state index >= 15 is 0 Å². The number of fused-ring (bicyclic) bond motifs is 1. The second-order valence-electron chi connectivity index (χ2n) is 6.18. The summed E-state index contributed by atoms with van der Waals surface area (Å²) >= 11 is 0. The Bertz CT molecular complexity index is 1290. The smallest absolute Gasteiger partial charge is 0.259 e. The van der Waals surface area contributed by atoms with Crippen LogP contribution in [0.15, 0.2) is 64.4 Å². The number of aromatic nitrogens is 6. The van der Waals surface area contributed by atoms with Crippen LogP contribution in [0, 0.1) is 6.92 Å². The second-order valence-corrected chi connectivity index (χ2v) is 6.18. The minimum Gasteiger partial charge on any atom is -0.463 e.